The number of nitrogens with one attached hydrogen (secondary N) is 1. The minimum absolute atomic E-state index is 0.129. The first-order valence-electron chi connectivity index (χ1n) is 8.03. The number of anilines is 1. The van der Waals surface area contributed by atoms with E-state index in [0.717, 1.165) is 34.3 Å². The molecule has 0 saturated heterocycles. The third kappa shape index (κ3) is 2.34. The number of aryl methyl sites for hydroxylation is 1. The van der Waals surface area contributed by atoms with Gasteiger partial charge < -0.3 is 14.6 Å². The molecule has 0 atom stereocenters. The molecule has 1 aliphatic rings. The Kier molecular flexibility index (Phi) is 3.69. The van der Waals surface area contributed by atoms with Crippen molar-refractivity contribution in [2.45, 2.75) is 19.9 Å². The second-order valence-corrected chi connectivity index (χ2v) is 6.21. The lowest BCUT2D eigenvalue weighted by Gasteiger charge is -2.19. The van der Waals surface area contributed by atoms with Crippen LogP contribution in [0.5, 0.6) is 5.75 Å². The molecular formula is C19H17ClN2O2. The van der Waals surface area contributed by atoms with E-state index in [1.807, 2.05) is 47.0 Å². The first kappa shape index (κ1) is 15.1. The second kappa shape index (κ2) is 5.87. The molecule has 2 aromatic carbocycles. The molecule has 24 heavy (non-hydrogen) atoms. The summed E-state index contributed by atoms with van der Waals surface area (Å²) in [6, 6.07) is 13.4. The molecule has 4 rings (SSSR count). The summed E-state index contributed by atoms with van der Waals surface area (Å²) in [4.78, 5) is 12.9. The Hall–Kier alpha value is -2.46. The number of rotatable bonds is 3. The van der Waals surface area contributed by atoms with E-state index in [1.54, 1.807) is 0 Å². The minimum atomic E-state index is -0.129. The molecule has 1 aliphatic heterocycles. The van der Waals surface area contributed by atoms with Crippen molar-refractivity contribution in [1.29, 1.82) is 0 Å². The number of halogens is 1. The standard InChI is InChI=1S/C19H17ClN2O2/c1-2-12-5-3-4-6-15(12)21-19(23)16-11-13-14(20)7-8-17-18(13)22(16)9-10-24-17/h3-8,11H,2,9-10H2,1H3,(H,21,23). The van der Waals surface area contributed by atoms with Gasteiger partial charge in [-0.1, -0.05) is 36.7 Å². The summed E-state index contributed by atoms with van der Waals surface area (Å²) in [7, 11) is 0. The van der Waals surface area contributed by atoms with Gasteiger partial charge >= 0.3 is 0 Å². The summed E-state index contributed by atoms with van der Waals surface area (Å²) >= 11 is 6.31. The fraction of sp³-hybridized carbons (Fsp3) is 0.211. The zero-order valence-electron chi connectivity index (χ0n) is 13.3. The predicted octanol–water partition coefficient (Wildman–Crippen LogP) is 4.50. The van der Waals surface area contributed by atoms with Crippen molar-refractivity contribution in [2.75, 3.05) is 11.9 Å². The molecule has 3 aromatic rings. The van der Waals surface area contributed by atoms with Crippen LogP contribution in [-0.4, -0.2) is 17.1 Å². The maximum Gasteiger partial charge on any atom is 0.272 e. The van der Waals surface area contributed by atoms with Crippen LogP contribution in [0.2, 0.25) is 5.02 Å². The minimum Gasteiger partial charge on any atom is -0.490 e. The number of carbonyl (C=O) groups is 1. The fourth-order valence-electron chi connectivity index (χ4n) is 3.23. The number of nitrogens with zero attached hydrogens (tertiary/aromatic N) is 1. The molecule has 1 amide bonds. The van der Waals surface area contributed by atoms with Crippen molar-refractivity contribution in [1.82, 2.24) is 4.57 Å². The zero-order chi connectivity index (χ0) is 16.7. The van der Waals surface area contributed by atoms with E-state index in [4.69, 9.17) is 16.3 Å². The van der Waals surface area contributed by atoms with Crippen LogP contribution in [-0.2, 0) is 13.0 Å². The fourth-order valence-corrected chi connectivity index (χ4v) is 3.44. The molecule has 1 N–H and O–H groups in total. The number of hydrogen-bond acceptors (Lipinski definition) is 2. The van der Waals surface area contributed by atoms with Crippen LogP contribution in [0.3, 0.4) is 0 Å². The first-order chi connectivity index (χ1) is 11.7. The molecule has 4 nitrogen and oxygen atoms in total. The van der Waals surface area contributed by atoms with Crippen LogP contribution in [0.25, 0.3) is 10.9 Å². The molecule has 0 saturated carbocycles. The van der Waals surface area contributed by atoms with Gasteiger partial charge in [-0.2, -0.15) is 0 Å². The number of hydrogen-bond donors (Lipinski definition) is 1. The molecule has 0 spiro atoms. The van der Waals surface area contributed by atoms with Gasteiger partial charge in [0.05, 0.1) is 17.1 Å². The van der Waals surface area contributed by atoms with Gasteiger partial charge in [0.25, 0.3) is 5.91 Å². The molecule has 2 heterocycles. The Bertz CT molecular complexity index is 946. The second-order valence-electron chi connectivity index (χ2n) is 5.80. The molecule has 122 valence electrons. The third-order valence-electron chi connectivity index (χ3n) is 4.42. The van der Waals surface area contributed by atoms with E-state index >= 15 is 0 Å². The molecule has 0 unspecified atom stereocenters. The molecule has 0 radical (unpaired) electrons. The number of benzene rings is 2. The van der Waals surface area contributed by atoms with E-state index in [0.29, 0.717) is 23.9 Å². The average molecular weight is 341 g/mol. The lowest BCUT2D eigenvalue weighted by atomic mass is 10.1. The number of ether oxygens (including phenoxy) is 1. The van der Waals surface area contributed by atoms with E-state index in [9.17, 15) is 4.79 Å². The molecule has 1 aromatic heterocycles. The summed E-state index contributed by atoms with van der Waals surface area (Å²) in [5.74, 6) is 0.643. The van der Waals surface area contributed by atoms with E-state index in [2.05, 4.69) is 12.2 Å². The van der Waals surface area contributed by atoms with E-state index in [-0.39, 0.29) is 5.91 Å². The summed E-state index contributed by atoms with van der Waals surface area (Å²) < 4.78 is 7.68. The monoisotopic (exact) mass is 340 g/mol. The molecular weight excluding hydrogens is 324 g/mol. The van der Waals surface area contributed by atoms with Gasteiger partial charge in [0.2, 0.25) is 0 Å². The third-order valence-corrected chi connectivity index (χ3v) is 4.75. The Morgan fingerprint density at radius 3 is 2.96 bits per heavy atom. The van der Waals surface area contributed by atoms with Gasteiger partial charge in [0, 0.05) is 11.1 Å². The molecule has 0 fully saturated rings. The Labute approximate surface area is 145 Å². The quantitative estimate of drug-likeness (QED) is 0.762. The number of aromatic nitrogens is 1. The lowest BCUT2D eigenvalue weighted by Crippen LogP contribution is -2.22. The molecule has 0 bridgehead atoms. The Balaban J connectivity index is 1.78. The zero-order valence-corrected chi connectivity index (χ0v) is 14.1. The highest BCUT2D eigenvalue weighted by molar-refractivity contribution is 6.36. The van der Waals surface area contributed by atoms with Gasteiger partial charge in [-0.25, -0.2) is 0 Å². The summed E-state index contributed by atoms with van der Waals surface area (Å²) in [6.45, 7) is 3.25. The van der Waals surface area contributed by atoms with E-state index < -0.39 is 0 Å². The lowest BCUT2D eigenvalue weighted by molar-refractivity contribution is 0.101. The van der Waals surface area contributed by atoms with Gasteiger partial charge in [0.1, 0.15) is 18.1 Å². The van der Waals surface area contributed by atoms with Crippen molar-refractivity contribution >= 4 is 34.1 Å². The SMILES string of the molecule is CCc1ccccc1NC(=O)c1cc2c(Cl)ccc3c2n1CCO3. The normalized spacial score (nSPS) is 12.9. The van der Waals surface area contributed by atoms with Crippen LogP contribution < -0.4 is 10.1 Å². The summed E-state index contributed by atoms with van der Waals surface area (Å²) in [5, 5.41) is 4.51. The number of carbonyl (C=O) groups excluding carboxylic acids is 1. The molecule has 5 heteroatoms. The van der Waals surface area contributed by atoms with Crippen LogP contribution >= 0.6 is 11.6 Å². The number of amides is 1. The topological polar surface area (TPSA) is 43.3 Å². The maximum atomic E-state index is 12.9. The number of para-hydroxylation sites is 1. The highest BCUT2D eigenvalue weighted by Gasteiger charge is 2.23. The summed E-state index contributed by atoms with van der Waals surface area (Å²) in [6.07, 6.45) is 0.864. The van der Waals surface area contributed by atoms with Crippen molar-refractivity contribution in [2.24, 2.45) is 0 Å². The van der Waals surface area contributed by atoms with E-state index in [1.165, 1.54) is 0 Å². The summed E-state index contributed by atoms with van der Waals surface area (Å²) in [5.41, 5.74) is 3.46. The van der Waals surface area contributed by atoms with Gasteiger partial charge in [-0.05, 0) is 36.2 Å². The van der Waals surface area contributed by atoms with Crippen molar-refractivity contribution in [3.05, 3.63) is 58.7 Å². The Morgan fingerprint density at radius 1 is 1.29 bits per heavy atom. The van der Waals surface area contributed by atoms with Crippen molar-refractivity contribution < 1.29 is 9.53 Å². The van der Waals surface area contributed by atoms with Crippen LogP contribution in [0.1, 0.15) is 23.0 Å². The highest BCUT2D eigenvalue weighted by Crippen LogP contribution is 2.36. The van der Waals surface area contributed by atoms with Crippen molar-refractivity contribution in [3.8, 4) is 5.75 Å². The molecule has 0 aliphatic carbocycles. The smallest absolute Gasteiger partial charge is 0.272 e. The van der Waals surface area contributed by atoms with Gasteiger partial charge in [0.15, 0.2) is 0 Å². The van der Waals surface area contributed by atoms with Gasteiger partial charge in [-0.15, -0.1) is 0 Å². The highest BCUT2D eigenvalue weighted by atomic mass is 35.5. The largest absolute Gasteiger partial charge is 0.490 e. The average Bonchev–Trinajstić information content (AvgIpc) is 3.00. The first-order valence-corrected chi connectivity index (χ1v) is 8.40. The van der Waals surface area contributed by atoms with Gasteiger partial charge in [-0.3, -0.25) is 4.79 Å². The predicted molar refractivity (Wildman–Crippen MR) is 96.2 cm³/mol. The Morgan fingerprint density at radius 2 is 2.12 bits per heavy atom. The van der Waals surface area contributed by atoms with Crippen molar-refractivity contribution in [3.63, 3.8) is 0 Å². The maximum absolute atomic E-state index is 12.9. The van der Waals surface area contributed by atoms with Crippen LogP contribution in [0.15, 0.2) is 42.5 Å². The van der Waals surface area contributed by atoms with Crippen LogP contribution in [0, 0.1) is 0 Å². The van der Waals surface area contributed by atoms with Crippen LogP contribution in [0.4, 0.5) is 5.69 Å².